The molecule has 2 aromatic carbocycles. The lowest BCUT2D eigenvalue weighted by Crippen LogP contribution is -2.44. The summed E-state index contributed by atoms with van der Waals surface area (Å²) >= 11 is 12.7. The minimum absolute atomic E-state index is 0.0237. The molecule has 34 heavy (non-hydrogen) atoms. The second-order valence-electron chi connectivity index (χ2n) is 8.43. The minimum atomic E-state index is -3.45. The highest BCUT2D eigenvalue weighted by Gasteiger charge is 2.22. The van der Waals surface area contributed by atoms with Gasteiger partial charge in [0.25, 0.3) is 5.91 Å². The fourth-order valence-electron chi connectivity index (χ4n) is 4.22. The van der Waals surface area contributed by atoms with Crippen molar-refractivity contribution in [3.05, 3.63) is 69.2 Å². The lowest BCUT2D eigenvalue weighted by atomic mass is 10.0. The molecule has 0 aliphatic carbocycles. The first-order valence-corrected chi connectivity index (χ1v) is 13.7. The van der Waals surface area contributed by atoms with E-state index in [2.05, 4.69) is 22.1 Å². The first-order chi connectivity index (χ1) is 16.2. The van der Waals surface area contributed by atoms with Crippen LogP contribution >= 0.6 is 23.2 Å². The van der Waals surface area contributed by atoms with E-state index in [-0.39, 0.29) is 23.1 Å². The van der Waals surface area contributed by atoms with E-state index in [4.69, 9.17) is 23.2 Å². The molecule has 0 unspecified atom stereocenters. The number of nitrogens with zero attached hydrogens (tertiary/aromatic N) is 1. The number of hydrogen-bond acceptors (Lipinski definition) is 5. The van der Waals surface area contributed by atoms with Gasteiger partial charge in [0.2, 0.25) is 0 Å². The van der Waals surface area contributed by atoms with Crippen LogP contribution in [0, 0.1) is 0 Å². The first kappa shape index (κ1) is 26.7. The standard InChI is InChI=1S/C25H31Cl2N3O3S/c1-4-17-11-18(13-23(27)22(17)16-30-10-6-7-21(15-30)28-3)25(31)29-14-19-12-20(26)8-9-24(19)34(32,33)5-2/h4,8-9,11-13,21,28H,1,5-7,10,14-16H2,2-3H3,(H,29,31)/t21-/m0/s1. The van der Waals surface area contributed by atoms with Crippen LogP contribution in [0.25, 0.3) is 6.08 Å². The Morgan fingerprint density at radius 2 is 2.03 bits per heavy atom. The number of sulfone groups is 1. The Kier molecular flexibility index (Phi) is 9.18. The molecule has 184 valence electrons. The number of piperidine rings is 1. The van der Waals surface area contributed by atoms with E-state index in [0.29, 0.717) is 33.8 Å². The van der Waals surface area contributed by atoms with Crippen molar-refractivity contribution in [1.29, 1.82) is 0 Å². The average molecular weight is 525 g/mol. The van der Waals surface area contributed by atoms with E-state index in [9.17, 15) is 13.2 Å². The van der Waals surface area contributed by atoms with Gasteiger partial charge in [0.15, 0.2) is 9.84 Å². The zero-order chi connectivity index (χ0) is 24.9. The molecule has 2 N–H and O–H groups in total. The van der Waals surface area contributed by atoms with Crippen LogP contribution in [0.3, 0.4) is 0 Å². The van der Waals surface area contributed by atoms with Gasteiger partial charge in [0.1, 0.15) is 0 Å². The maximum Gasteiger partial charge on any atom is 0.251 e. The van der Waals surface area contributed by atoms with Crippen LogP contribution in [0.2, 0.25) is 10.0 Å². The Morgan fingerprint density at radius 3 is 2.71 bits per heavy atom. The highest BCUT2D eigenvalue weighted by molar-refractivity contribution is 7.91. The zero-order valence-corrected chi connectivity index (χ0v) is 21.9. The number of carbonyl (C=O) groups is 1. The van der Waals surface area contributed by atoms with Crippen molar-refractivity contribution in [3.8, 4) is 0 Å². The van der Waals surface area contributed by atoms with E-state index in [1.807, 2.05) is 7.05 Å². The minimum Gasteiger partial charge on any atom is -0.348 e. The molecule has 1 fully saturated rings. The van der Waals surface area contributed by atoms with Crippen molar-refractivity contribution in [1.82, 2.24) is 15.5 Å². The molecule has 2 aromatic rings. The normalized spacial score (nSPS) is 16.9. The first-order valence-electron chi connectivity index (χ1n) is 11.3. The van der Waals surface area contributed by atoms with Gasteiger partial charge < -0.3 is 10.6 Å². The molecule has 1 aliphatic heterocycles. The molecule has 9 heteroatoms. The Labute approximate surface area is 212 Å². The average Bonchev–Trinajstić information content (AvgIpc) is 2.83. The second kappa shape index (κ2) is 11.7. The molecule has 1 atom stereocenters. The number of likely N-dealkylation sites (N-methyl/N-ethyl adjacent to an activating group) is 1. The van der Waals surface area contributed by atoms with Gasteiger partial charge in [-0.25, -0.2) is 8.42 Å². The van der Waals surface area contributed by atoms with Crippen LogP contribution in [0.1, 0.15) is 46.8 Å². The fourth-order valence-corrected chi connectivity index (χ4v) is 5.82. The summed E-state index contributed by atoms with van der Waals surface area (Å²) in [5.74, 6) is -0.397. The zero-order valence-electron chi connectivity index (χ0n) is 19.5. The molecule has 1 heterocycles. The molecule has 6 nitrogen and oxygen atoms in total. The van der Waals surface area contributed by atoms with Crippen molar-refractivity contribution < 1.29 is 13.2 Å². The molecule has 1 saturated heterocycles. The summed E-state index contributed by atoms with van der Waals surface area (Å²) in [6.45, 7) is 8.13. The van der Waals surface area contributed by atoms with E-state index in [0.717, 1.165) is 37.1 Å². The molecule has 1 aliphatic rings. The van der Waals surface area contributed by atoms with Crippen molar-refractivity contribution in [2.45, 2.75) is 43.8 Å². The molecule has 1 amide bonds. The maximum atomic E-state index is 12.9. The summed E-state index contributed by atoms with van der Waals surface area (Å²) in [6, 6.07) is 8.45. The Morgan fingerprint density at radius 1 is 1.26 bits per heavy atom. The summed E-state index contributed by atoms with van der Waals surface area (Å²) in [7, 11) is -1.47. The Balaban J connectivity index is 1.78. The Bertz CT molecular complexity index is 1170. The van der Waals surface area contributed by atoms with Gasteiger partial charge in [-0.05, 0) is 73.5 Å². The summed E-state index contributed by atoms with van der Waals surface area (Å²) in [4.78, 5) is 15.5. The van der Waals surface area contributed by atoms with Crippen LogP contribution in [0.15, 0.2) is 41.8 Å². The number of halogens is 2. The Hall–Kier alpha value is -1.90. The fraction of sp³-hybridized carbons (Fsp3) is 0.400. The van der Waals surface area contributed by atoms with Crippen molar-refractivity contribution in [2.75, 3.05) is 25.9 Å². The number of nitrogens with one attached hydrogen (secondary N) is 2. The predicted octanol–water partition coefficient (Wildman–Crippen LogP) is 4.54. The molecule has 0 spiro atoms. The third kappa shape index (κ3) is 6.40. The number of rotatable bonds is 9. The smallest absolute Gasteiger partial charge is 0.251 e. The molecule has 3 rings (SSSR count). The maximum absolute atomic E-state index is 12.9. The third-order valence-electron chi connectivity index (χ3n) is 6.18. The van der Waals surface area contributed by atoms with Crippen molar-refractivity contribution >= 4 is 45.0 Å². The highest BCUT2D eigenvalue weighted by atomic mass is 35.5. The number of amides is 1. The molecule has 0 radical (unpaired) electrons. The second-order valence-corrected chi connectivity index (χ2v) is 11.5. The third-order valence-corrected chi connectivity index (χ3v) is 8.59. The van der Waals surface area contributed by atoms with Crippen LogP contribution < -0.4 is 10.6 Å². The number of likely N-dealkylation sites (tertiary alicyclic amines) is 1. The van der Waals surface area contributed by atoms with Gasteiger partial charge in [-0.1, -0.05) is 42.8 Å². The highest BCUT2D eigenvalue weighted by Crippen LogP contribution is 2.27. The molecule has 0 bridgehead atoms. The summed E-state index contributed by atoms with van der Waals surface area (Å²) in [5.41, 5.74) is 2.58. The van der Waals surface area contributed by atoms with Crippen LogP contribution in [0.4, 0.5) is 0 Å². The van der Waals surface area contributed by atoms with Crippen LogP contribution in [0.5, 0.6) is 0 Å². The monoisotopic (exact) mass is 523 g/mol. The van der Waals surface area contributed by atoms with Crippen molar-refractivity contribution in [2.24, 2.45) is 0 Å². The van der Waals surface area contributed by atoms with Gasteiger partial charge >= 0.3 is 0 Å². The van der Waals surface area contributed by atoms with Gasteiger partial charge in [-0.15, -0.1) is 0 Å². The topological polar surface area (TPSA) is 78.5 Å². The van der Waals surface area contributed by atoms with Gasteiger partial charge in [-0.2, -0.15) is 0 Å². The summed E-state index contributed by atoms with van der Waals surface area (Å²) < 4.78 is 24.8. The van der Waals surface area contributed by atoms with E-state index >= 15 is 0 Å². The van der Waals surface area contributed by atoms with Gasteiger partial charge in [0.05, 0.1) is 10.6 Å². The molecule has 0 saturated carbocycles. The lowest BCUT2D eigenvalue weighted by molar-refractivity contribution is 0.0950. The number of hydrogen-bond donors (Lipinski definition) is 2. The molecular formula is C25H31Cl2N3O3S. The predicted molar refractivity (Wildman–Crippen MR) is 139 cm³/mol. The van der Waals surface area contributed by atoms with Crippen LogP contribution in [-0.4, -0.2) is 51.2 Å². The molecular weight excluding hydrogens is 493 g/mol. The molecule has 0 aromatic heterocycles. The quantitative estimate of drug-likeness (QED) is 0.504. The number of benzene rings is 2. The lowest BCUT2D eigenvalue weighted by Gasteiger charge is -2.33. The van der Waals surface area contributed by atoms with Crippen LogP contribution in [-0.2, 0) is 22.9 Å². The number of carbonyl (C=O) groups excluding carboxylic acids is 1. The SMILES string of the molecule is C=Cc1cc(C(=O)NCc2cc(Cl)ccc2S(=O)(=O)CC)cc(Cl)c1CN1CCC[C@H](NC)C1. The largest absolute Gasteiger partial charge is 0.348 e. The summed E-state index contributed by atoms with van der Waals surface area (Å²) in [5, 5.41) is 7.05. The van der Waals surface area contributed by atoms with E-state index in [1.54, 1.807) is 31.2 Å². The van der Waals surface area contributed by atoms with Gasteiger partial charge in [-0.3, -0.25) is 9.69 Å². The van der Waals surface area contributed by atoms with E-state index < -0.39 is 9.84 Å². The van der Waals surface area contributed by atoms with Gasteiger partial charge in [0, 0.05) is 41.3 Å². The van der Waals surface area contributed by atoms with E-state index in [1.165, 1.54) is 12.1 Å². The van der Waals surface area contributed by atoms with Crippen molar-refractivity contribution in [3.63, 3.8) is 0 Å². The summed E-state index contributed by atoms with van der Waals surface area (Å²) in [6.07, 6.45) is 3.98.